The lowest BCUT2D eigenvalue weighted by molar-refractivity contribution is -0.128. The second-order valence-electron chi connectivity index (χ2n) is 7.53. The average Bonchev–Trinajstić information content (AvgIpc) is 3.04. The number of hydrogen-bond donors (Lipinski definition) is 2. The number of hydrogen-bond acceptors (Lipinski definition) is 3. The van der Waals surface area contributed by atoms with Gasteiger partial charge in [0, 0.05) is 31.4 Å². The van der Waals surface area contributed by atoms with Crippen LogP contribution in [0.25, 0.3) is 0 Å². The monoisotopic (exact) mass is 363 g/mol. The normalized spacial score (nSPS) is 28.0. The van der Waals surface area contributed by atoms with Crippen molar-refractivity contribution in [2.45, 2.75) is 32.1 Å². The van der Waals surface area contributed by atoms with Crippen molar-refractivity contribution in [3.63, 3.8) is 0 Å². The van der Waals surface area contributed by atoms with Crippen molar-refractivity contribution in [2.75, 3.05) is 32.0 Å². The van der Waals surface area contributed by atoms with E-state index < -0.39 is 0 Å². The highest BCUT2D eigenvalue weighted by molar-refractivity contribution is 6.00. The number of halogens is 1. The molecule has 2 fully saturated rings. The van der Waals surface area contributed by atoms with E-state index in [9.17, 15) is 9.59 Å². The summed E-state index contributed by atoms with van der Waals surface area (Å²) in [6.07, 6.45) is 5.32. The van der Waals surface area contributed by atoms with Crippen molar-refractivity contribution in [1.29, 1.82) is 0 Å². The molecule has 2 heterocycles. The number of nitrogens with zero attached hydrogens (tertiary/aromatic N) is 1. The van der Waals surface area contributed by atoms with Crippen LogP contribution in [0.3, 0.4) is 0 Å². The van der Waals surface area contributed by atoms with Gasteiger partial charge in [0.15, 0.2) is 0 Å². The lowest BCUT2D eigenvalue weighted by atomic mass is 9.67. The van der Waals surface area contributed by atoms with Crippen LogP contribution in [0.4, 0.5) is 5.69 Å². The van der Waals surface area contributed by atoms with E-state index in [1.54, 1.807) is 4.90 Å². The average molecular weight is 364 g/mol. The molecule has 1 aromatic carbocycles. The molecular weight excluding hydrogens is 338 g/mol. The van der Waals surface area contributed by atoms with Crippen LogP contribution in [-0.2, 0) is 11.2 Å². The molecule has 136 valence electrons. The van der Waals surface area contributed by atoms with Crippen molar-refractivity contribution in [3.05, 3.63) is 29.3 Å². The SMILES string of the molecule is CN1CCc2ccc(NC(=O)[C@@]34CCCC[C@H]3CNC4)cc2C1=O.Cl. The van der Waals surface area contributed by atoms with E-state index in [0.29, 0.717) is 5.92 Å². The molecule has 1 saturated carbocycles. The lowest BCUT2D eigenvalue weighted by Gasteiger charge is -2.37. The molecule has 2 atom stereocenters. The highest BCUT2D eigenvalue weighted by Gasteiger charge is 2.49. The minimum atomic E-state index is -0.269. The van der Waals surface area contributed by atoms with Gasteiger partial charge in [0.25, 0.3) is 5.91 Å². The van der Waals surface area contributed by atoms with Crippen LogP contribution in [0.5, 0.6) is 0 Å². The number of nitrogens with one attached hydrogen (secondary N) is 2. The van der Waals surface area contributed by atoms with Gasteiger partial charge in [-0.25, -0.2) is 0 Å². The number of rotatable bonds is 2. The van der Waals surface area contributed by atoms with Gasteiger partial charge in [-0.05, 0) is 49.4 Å². The van der Waals surface area contributed by atoms with Crippen LogP contribution in [0.2, 0.25) is 0 Å². The van der Waals surface area contributed by atoms with Gasteiger partial charge in [0.2, 0.25) is 5.91 Å². The Hall–Kier alpha value is -1.59. The number of likely N-dealkylation sites (N-methyl/N-ethyl adjacent to an activating group) is 1. The van der Waals surface area contributed by atoms with E-state index in [1.165, 1.54) is 6.42 Å². The predicted octanol–water partition coefficient (Wildman–Crippen LogP) is 2.45. The lowest BCUT2D eigenvalue weighted by Crippen LogP contribution is -2.44. The van der Waals surface area contributed by atoms with Crippen molar-refractivity contribution in [3.8, 4) is 0 Å². The molecular formula is C19H26ClN3O2. The summed E-state index contributed by atoms with van der Waals surface area (Å²) in [7, 11) is 1.83. The van der Waals surface area contributed by atoms with Crippen LogP contribution < -0.4 is 10.6 Å². The maximum Gasteiger partial charge on any atom is 0.253 e. The second-order valence-corrected chi connectivity index (χ2v) is 7.53. The third kappa shape index (κ3) is 3.04. The van der Waals surface area contributed by atoms with E-state index in [0.717, 1.165) is 62.1 Å². The smallest absolute Gasteiger partial charge is 0.253 e. The molecule has 6 heteroatoms. The van der Waals surface area contributed by atoms with Gasteiger partial charge in [-0.15, -0.1) is 12.4 Å². The number of carbonyl (C=O) groups excluding carboxylic acids is 2. The molecule has 2 N–H and O–H groups in total. The van der Waals surface area contributed by atoms with Gasteiger partial charge in [-0.1, -0.05) is 18.9 Å². The highest BCUT2D eigenvalue weighted by Crippen LogP contribution is 2.44. The molecule has 0 bridgehead atoms. The van der Waals surface area contributed by atoms with E-state index in [-0.39, 0.29) is 29.6 Å². The van der Waals surface area contributed by atoms with Crippen LogP contribution in [0, 0.1) is 11.3 Å². The standard InChI is InChI=1S/C19H25N3O2.ClH/c1-22-9-7-13-5-6-15(10-16(13)17(22)23)21-18(24)19-8-3-2-4-14(19)11-20-12-19;/h5-6,10,14,20H,2-4,7-9,11-12H2,1H3,(H,21,24);1H/t14-,19+;/m0./s1. The Labute approximate surface area is 154 Å². The molecule has 0 spiro atoms. The summed E-state index contributed by atoms with van der Waals surface area (Å²) in [5.74, 6) is 0.606. The Morgan fingerprint density at radius 2 is 2.20 bits per heavy atom. The summed E-state index contributed by atoms with van der Waals surface area (Å²) < 4.78 is 0. The Bertz CT molecular complexity index is 693. The van der Waals surface area contributed by atoms with Crippen LogP contribution in [0.1, 0.15) is 41.6 Å². The maximum atomic E-state index is 13.0. The topological polar surface area (TPSA) is 61.4 Å². The van der Waals surface area contributed by atoms with Crippen LogP contribution in [0.15, 0.2) is 18.2 Å². The van der Waals surface area contributed by atoms with Crippen molar-refractivity contribution in [2.24, 2.45) is 11.3 Å². The first kappa shape index (κ1) is 18.2. The number of fused-ring (bicyclic) bond motifs is 2. The van der Waals surface area contributed by atoms with Crippen molar-refractivity contribution in [1.82, 2.24) is 10.2 Å². The number of carbonyl (C=O) groups is 2. The largest absolute Gasteiger partial charge is 0.341 e. The zero-order valence-electron chi connectivity index (χ0n) is 14.6. The van der Waals surface area contributed by atoms with E-state index in [4.69, 9.17) is 0 Å². The number of anilines is 1. The molecule has 2 aliphatic heterocycles. The number of amides is 2. The zero-order valence-corrected chi connectivity index (χ0v) is 15.5. The molecule has 3 aliphatic rings. The van der Waals surface area contributed by atoms with E-state index >= 15 is 0 Å². The molecule has 5 nitrogen and oxygen atoms in total. The third-order valence-electron chi connectivity index (χ3n) is 6.15. The fourth-order valence-corrected chi connectivity index (χ4v) is 4.61. The quantitative estimate of drug-likeness (QED) is 0.848. The summed E-state index contributed by atoms with van der Waals surface area (Å²) >= 11 is 0. The molecule has 2 amide bonds. The summed E-state index contributed by atoms with van der Waals surface area (Å²) in [5, 5.41) is 6.52. The fourth-order valence-electron chi connectivity index (χ4n) is 4.61. The molecule has 1 aromatic rings. The second kappa shape index (κ2) is 6.96. The Morgan fingerprint density at radius 1 is 1.36 bits per heavy atom. The first-order valence-electron chi connectivity index (χ1n) is 9.01. The van der Waals surface area contributed by atoms with Crippen LogP contribution in [-0.4, -0.2) is 43.4 Å². The van der Waals surface area contributed by atoms with E-state index in [1.807, 2.05) is 25.2 Å². The Morgan fingerprint density at radius 3 is 3.04 bits per heavy atom. The molecule has 1 saturated heterocycles. The summed E-state index contributed by atoms with van der Waals surface area (Å²) in [6, 6.07) is 5.77. The van der Waals surface area contributed by atoms with E-state index in [2.05, 4.69) is 10.6 Å². The van der Waals surface area contributed by atoms with Gasteiger partial charge in [0.05, 0.1) is 5.41 Å². The first-order valence-corrected chi connectivity index (χ1v) is 9.01. The molecule has 0 unspecified atom stereocenters. The maximum absolute atomic E-state index is 13.0. The molecule has 25 heavy (non-hydrogen) atoms. The minimum Gasteiger partial charge on any atom is -0.341 e. The van der Waals surface area contributed by atoms with Crippen molar-refractivity contribution < 1.29 is 9.59 Å². The Balaban J connectivity index is 0.00000182. The van der Waals surface area contributed by atoms with Gasteiger partial charge < -0.3 is 15.5 Å². The van der Waals surface area contributed by atoms with Crippen LogP contribution >= 0.6 is 12.4 Å². The molecule has 0 aromatic heterocycles. The molecule has 1 aliphatic carbocycles. The van der Waals surface area contributed by atoms with Crippen molar-refractivity contribution >= 4 is 29.9 Å². The molecule has 4 rings (SSSR count). The summed E-state index contributed by atoms with van der Waals surface area (Å²) in [6.45, 7) is 2.48. The summed E-state index contributed by atoms with van der Waals surface area (Å²) in [4.78, 5) is 27.1. The molecule has 0 radical (unpaired) electrons. The summed E-state index contributed by atoms with van der Waals surface area (Å²) in [5.41, 5.74) is 2.28. The Kier molecular flexibility index (Phi) is 5.07. The zero-order chi connectivity index (χ0) is 16.7. The third-order valence-corrected chi connectivity index (χ3v) is 6.15. The van der Waals surface area contributed by atoms with Gasteiger partial charge in [-0.2, -0.15) is 0 Å². The van der Waals surface area contributed by atoms with Gasteiger partial charge in [-0.3, -0.25) is 9.59 Å². The van der Waals surface area contributed by atoms with Gasteiger partial charge >= 0.3 is 0 Å². The highest BCUT2D eigenvalue weighted by atomic mass is 35.5. The predicted molar refractivity (Wildman–Crippen MR) is 100 cm³/mol. The van der Waals surface area contributed by atoms with Gasteiger partial charge in [0.1, 0.15) is 0 Å². The first-order chi connectivity index (χ1) is 11.6. The fraction of sp³-hybridized carbons (Fsp3) is 0.579. The minimum absolute atomic E-state index is 0. The number of benzene rings is 1.